The van der Waals surface area contributed by atoms with Crippen LogP contribution in [0.4, 0.5) is 5.82 Å². The van der Waals surface area contributed by atoms with Crippen LogP contribution in [0.2, 0.25) is 0 Å². The Hall–Kier alpha value is -3.52. The first-order valence-corrected chi connectivity index (χ1v) is 7.92. The van der Waals surface area contributed by atoms with Crippen LogP contribution in [-0.4, -0.2) is 15.2 Å². The summed E-state index contributed by atoms with van der Waals surface area (Å²) in [6.07, 6.45) is 0. The van der Waals surface area contributed by atoms with E-state index in [1.165, 1.54) is 0 Å². The highest BCUT2D eigenvalue weighted by Gasteiger charge is 2.18. The molecule has 4 aromatic rings. The number of pyridine rings is 1. The minimum absolute atomic E-state index is 0.210. The molecular weight excluding hydrogens is 310 g/mol. The van der Waals surface area contributed by atoms with Crippen LogP contribution in [-0.2, 0) is 0 Å². The van der Waals surface area contributed by atoms with Crippen molar-refractivity contribution in [3.63, 3.8) is 0 Å². The van der Waals surface area contributed by atoms with Gasteiger partial charge in [-0.15, -0.1) is 10.2 Å². The minimum Gasteiger partial charge on any atom is -0.383 e. The molecule has 2 aromatic carbocycles. The largest absolute Gasteiger partial charge is 0.383 e. The zero-order valence-electron chi connectivity index (χ0n) is 13.9. The number of aromatic nitrogens is 3. The van der Waals surface area contributed by atoms with Gasteiger partial charge in [-0.1, -0.05) is 41.5 Å². The molecule has 5 heteroatoms. The Morgan fingerprint density at radius 2 is 1.64 bits per heavy atom. The monoisotopic (exact) mass is 325 g/mol. The Balaban J connectivity index is 2.19. The predicted octanol–water partition coefficient (Wildman–Crippen LogP) is 3.92. The summed E-state index contributed by atoms with van der Waals surface area (Å²) < 4.78 is 0. The van der Waals surface area contributed by atoms with Crippen molar-refractivity contribution in [2.45, 2.75) is 13.8 Å². The molecule has 0 unspecified atom stereocenters. The SMILES string of the molecule is Cc1ccc(-c2c(C#N)c(N)nc3c2nnc2ccc(C)cc23)cc1. The highest BCUT2D eigenvalue weighted by molar-refractivity contribution is 6.08. The maximum atomic E-state index is 9.61. The molecule has 0 saturated heterocycles. The van der Waals surface area contributed by atoms with Gasteiger partial charge in [0.05, 0.1) is 5.52 Å². The van der Waals surface area contributed by atoms with Crippen molar-refractivity contribution in [3.8, 4) is 17.2 Å². The van der Waals surface area contributed by atoms with Gasteiger partial charge in [0.1, 0.15) is 28.5 Å². The second kappa shape index (κ2) is 5.53. The summed E-state index contributed by atoms with van der Waals surface area (Å²) in [5, 5.41) is 19.2. The van der Waals surface area contributed by atoms with Gasteiger partial charge in [0.2, 0.25) is 0 Å². The summed E-state index contributed by atoms with van der Waals surface area (Å²) >= 11 is 0. The van der Waals surface area contributed by atoms with E-state index in [0.29, 0.717) is 22.2 Å². The van der Waals surface area contributed by atoms with E-state index in [1.54, 1.807) is 0 Å². The number of fused-ring (bicyclic) bond motifs is 3. The molecule has 0 radical (unpaired) electrons. The second-order valence-corrected chi connectivity index (χ2v) is 6.14. The van der Waals surface area contributed by atoms with Crippen LogP contribution in [0.25, 0.3) is 33.1 Å². The van der Waals surface area contributed by atoms with Gasteiger partial charge in [-0.25, -0.2) is 4.98 Å². The first-order chi connectivity index (χ1) is 12.1. The van der Waals surface area contributed by atoms with Gasteiger partial charge in [-0.05, 0) is 31.5 Å². The normalized spacial score (nSPS) is 10.9. The first kappa shape index (κ1) is 15.0. The van der Waals surface area contributed by atoms with Crippen LogP contribution in [0.15, 0.2) is 42.5 Å². The van der Waals surface area contributed by atoms with Gasteiger partial charge >= 0.3 is 0 Å². The zero-order chi connectivity index (χ0) is 17.6. The van der Waals surface area contributed by atoms with E-state index in [0.717, 1.165) is 27.6 Å². The molecule has 2 aromatic heterocycles. The highest BCUT2D eigenvalue weighted by atomic mass is 15.1. The maximum Gasteiger partial charge on any atom is 0.142 e. The fraction of sp³-hybridized carbons (Fsp3) is 0.100. The summed E-state index contributed by atoms with van der Waals surface area (Å²) in [5.41, 5.74) is 12.3. The Bertz CT molecular complexity index is 1170. The molecule has 0 aliphatic rings. The van der Waals surface area contributed by atoms with E-state index in [-0.39, 0.29) is 5.82 Å². The molecule has 0 amide bonds. The second-order valence-electron chi connectivity index (χ2n) is 6.14. The molecular formula is C20H15N5. The van der Waals surface area contributed by atoms with Crippen LogP contribution in [0.1, 0.15) is 16.7 Å². The molecule has 0 bridgehead atoms. The summed E-state index contributed by atoms with van der Waals surface area (Å²) in [5.74, 6) is 0.210. The van der Waals surface area contributed by atoms with Gasteiger partial charge in [0.25, 0.3) is 0 Å². The third-order valence-electron chi connectivity index (χ3n) is 4.32. The van der Waals surface area contributed by atoms with E-state index in [9.17, 15) is 5.26 Å². The van der Waals surface area contributed by atoms with Crippen LogP contribution in [0.3, 0.4) is 0 Å². The molecule has 0 aliphatic heterocycles. The fourth-order valence-corrected chi connectivity index (χ4v) is 3.02. The van der Waals surface area contributed by atoms with E-state index < -0.39 is 0 Å². The van der Waals surface area contributed by atoms with Crippen molar-refractivity contribution in [2.24, 2.45) is 0 Å². The van der Waals surface area contributed by atoms with Crippen molar-refractivity contribution in [3.05, 3.63) is 59.2 Å². The third kappa shape index (κ3) is 2.36. The number of anilines is 1. The van der Waals surface area contributed by atoms with Crippen LogP contribution >= 0.6 is 0 Å². The predicted molar refractivity (Wildman–Crippen MR) is 98.9 cm³/mol. The number of nitriles is 1. The molecule has 0 fully saturated rings. The van der Waals surface area contributed by atoms with Crippen LogP contribution in [0, 0.1) is 25.2 Å². The summed E-state index contributed by atoms with van der Waals surface area (Å²) in [4.78, 5) is 4.47. The molecule has 2 heterocycles. The lowest BCUT2D eigenvalue weighted by Gasteiger charge is -2.11. The van der Waals surface area contributed by atoms with E-state index in [1.807, 2.05) is 56.3 Å². The summed E-state index contributed by atoms with van der Waals surface area (Å²) in [7, 11) is 0. The lowest BCUT2D eigenvalue weighted by atomic mass is 9.97. The summed E-state index contributed by atoms with van der Waals surface area (Å²) in [6.45, 7) is 4.03. The van der Waals surface area contributed by atoms with Crippen molar-refractivity contribution in [2.75, 3.05) is 5.73 Å². The number of nitrogens with zero attached hydrogens (tertiary/aromatic N) is 4. The molecule has 120 valence electrons. The number of nitrogens with two attached hydrogens (primary N) is 1. The number of rotatable bonds is 1. The lowest BCUT2D eigenvalue weighted by Crippen LogP contribution is -2.02. The number of hydrogen-bond donors (Lipinski definition) is 1. The van der Waals surface area contributed by atoms with Crippen LogP contribution < -0.4 is 5.73 Å². The van der Waals surface area contributed by atoms with E-state index >= 15 is 0 Å². The third-order valence-corrected chi connectivity index (χ3v) is 4.32. The Kier molecular flexibility index (Phi) is 3.33. The number of hydrogen-bond acceptors (Lipinski definition) is 5. The van der Waals surface area contributed by atoms with E-state index in [4.69, 9.17) is 5.73 Å². The zero-order valence-corrected chi connectivity index (χ0v) is 13.9. The highest BCUT2D eigenvalue weighted by Crippen LogP contribution is 2.35. The number of benzene rings is 2. The van der Waals surface area contributed by atoms with Crippen molar-refractivity contribution >= 4 is 27.8 Å². The van der Waals surface area contributed by atoms with Gasteiger partial charge in [-0.3, -0.25) is 0 Å². The van der Waals surface area contributed by atoms with Gasteiger partial charge in [-0.2, -0.15) is 5.26 Å². The molecule has 0 atom stereocenters. The van der Waals surface area contributed by atoms with E-state index in [2.05, 4.69) is 21.3 Å². The van der Waals surface area contributed by atoms with Crippen molar-refractivity contribution < 1.29 is 0 Å². The smallest absolute Gasteiger partial charge is 0.142 e. The Morgan fingerprint density at radius 1 is 0.920 bits per heavy atom. The number of nitrogen functional groups attached to an aromatic ring is 1. The lowest BCUT2D eigenvalue weighted by molar-refractivity contribution is 1.11. The minimum atomic E-state index is 0.210. The molecule has 0 saturated carbocycles. The number of aryl methyl sites for hydroxylation is 2. The van der Waals surface area contributed by atoms with Crippen LogP contribution in [0.5, 0.6) is 0 Å². The molecule has 2 N–H and O–H groups in total. The van der Waals surface area contributed by atoms with Crippen molar-refractivity contribution in [1.29, 1.82) is 5.26 Å². The molecule has 25 heavy (non-hydrogen) atoms. The first-order valence-electron chi connectivity index (χ1n) is 7.92. The molecule has 4 rings (SSSR count). The maximum absolute atomic E-state index is 9.61. The topological polar surface area (TPSA) is 88.5 Å². The van der Waals surface area contributed by atoms with Gasteiger partial charge in [0.15, 0.2) is 0 Å². The quantitative estimate of drug-likeness (QED) is 0.536. The molecule has 0 spiro atoms. The molecule has 0 aliphatic carbocycles. The standard InChI is InChI=1S/C20H15N5/c1-11-3-6-13(7-4-11)17-15(10-21)20(22)23-18-14-9-12(2)5-8-16(14)24-25-19(17)18/h3-9H,1-2H3,(H2,22,23). The average molecular weight is 325 g/mol. The van der Waals surface area contributed by atoms with Gasteiger partial charge in [0, 0.05) is 10.9 Å². The Morgan fingerprint density at radius 3 is 2.36 bits per heavy atom. The Labute approximate surface area is 144 Å². The fourth-order valence-electron chi connectivity index (χ4n) is 3.02. The molecule has 5 nitrogen and oxygen atoms in total. The summed E-state index contributed by atoms with van der Waals surface area (Å²) in [6, 6.07) is 16.0. The van der Waals surface area contributed by atoms with Gasteiger partial charge < -0.3 is 5.73 Å². The van der Waals surface area contributed by atoms with Crippen molar-refractivity contribution in [1.82, 2.24) is 15.2 Å². The average Bonchev–Trinajstić information content (AvgIpc) is 2.61.